The Morgan fingerprint density at radius 3 is 2.56 bits per heavy atom. The van der Waals surface area contributed by atoms with E-state index in [1.165, 1.54) is 0 Å². The molecule has 1 aromatic heterocycles. The van der Waals surface area contributed by atoms with E-state index in [9.17, 15) is 0 Å². The minimum atomic E-state index is 0.714. The maximum Gasteiger partial charge on any atom is 0.199 e. The van der Waals surface area contributed by atoms with Crippen molar-refractivity contribution in [2.24, 2.45) is 0 Å². The summed E-state index contributed by atoms with van der Waals surface area (Å²) in [4.78, 5) is 1.93. The molecule has 2 aromatic rings. The number of aryl methyl sites for hydroxylation is 1. The SMILES string of the molecule is Cc1ccc(N(C)c2ccc(Br)cc2N)o1. The van der Waals surface area contributed by atoms with E-state index in [2.05, 4.69) is 15.9 Å². The first-order chi connectivity index (χ1) is 7.58. The van der Waals surface area contributed by atoms with Crippen LogP contribution < -0.4 is 10.6 Å². The van der Waals surface area contributed by atoms with E-state index in [0.29, 0.717) is 5.69 Å². The number of anilines is 3. The summed E-state index contributed by atoms with van der Waals surface area (Å²) in [5.74, 6) is 1.67. The van der Waals surface area contributed by atoms with E-state index in [1.807, 2.05) is 49.2 Å². The Balaban J connectivity index is 2.37. The van der Waals surface area contributed by atoms with Gasteiger partial charge >= 0.3 is 0 Å². The zero-order valence-electron chi connectivity index (χ0n) is 9.20. The number of furan rings is 1. The van der Waals surface area contributed by atoms with Crippen molar-refractivity contribution in [2.75, 3.05) is 17.7 Å². The molecule has 1 heterocycles. The van der Waals surface area contributed by atoms with E-state index in [-0.39, 0.29) is 0 Å². The molecule has 0 saturated carbocycles. The highest BCUT2D eigenvalue weighted by atomic mass is 79.9. The third kappa shape index (κ3) is 2.07. The van der Waals surface area contributed by atoms with Gasteiger partial charge in [0.2, 0.25) is 0 Å². The van der Waals surface area contributed by atoms with Crippen LogP contribution in [0.4, 0.5) is 17.3 Å². The molecule has 2 N–H and O–H groups in total. The molecule has 0 saturated heterocycles. The second-order valence-corrected chi connectivity index (χ2v) is 4.56. The fourth-order valence-corrected chi connectivity index (χ4v) is 1.93. The number of hydrogen-bond donors (Lipinski definition) is 1. The van der Waals surface area contributed by atoms with E-state index in [1.54, 1.807) is 0 Å². The molecule has 2 rings (SSSR count). The van der Waals surface area contributed by atoms with Crippen LogP contribution in [-0.4, -0.2) is 7.05 Å². The largest absolute Gasteiger partial charge is 0.446 e. The molecular weight excluding hydrogens is 268 g/mol. The number of hydrogen-bond acceptors (Lipinski definition) is 3. The smallest absolute Gasteiger partial charge is 0.199 e. The first kappa shape index (κ1) is 11.1. The standard InChI is InChI=1S/C12H13BrN2O/c1-8-3-6-12(16-8)15(2)11-5-4-9(13)7-10(11)14/h3-7H,14H2,1-2H3. The average molecular weight is 281 g/mol. The fraction of sp³-hybridized carbons (Fsp3) is 0.167. The van der Waals surface area contributed by atoms with E-state index < -0.39 is 0 Å². The fourth-order valence-electron chi connectivity index (χ4n) is 1.55. The van der Waals surface area contributed by atoms with E-state index in [0.717, 1.165) is 21.8 Å². The first-order valence-electron chi connectivity index (χ1n) is 4.93. The Kier molecular flexibility index (Phi) is 2.92. The molecule has 4 heteroatoms. The molecule has 84 valence electrons. The van der Waals surface area contributed by atoms with Crippen LogP contribution in [0, 0.1) is 6.92 Å². The van der Waals surface area contributed by atoms with E-state index >= 15 is 0 Å². The number of nitrogens with zero attached hydrogens (tertiary/aromatic N) is 1. The second-order valence-electron chi connectivity index (χ2n) is 3.65. The molecule has 0 aliphatic carbocycles. The van der Waals surface area contributed by atoms with Crippen molar-refractivity contribution in [2.45, 2.75) is 6.92 Å². The minimum Gasteiger partial charge on any atom is -0.446 e. The average Bonchev–Trinajstić information content (AvgIpc) is 2.64. The van der Waals surface area contributed by atoms with Crippen LogP contribution >= 0.6 is 15.9 Å². The molecule has 0 amide bonds. The number of rotatable bonds is 2. The predicted molar refractivity (Wildman–Crippen MR) is 70.1 cm³/mol. The zero-order valence-corrected chi connectivity index (χ0v) is 10.8. The van der Waals surface area contributed by atoms with Gasteiger partial charge in [0, 0.05) is 17.6 Å². The molecule has 0 fully saturated rings. The van der Waals surface area contributed by atoms with Gasteiger partial charge in [-0.1, -0.05) is 15.9 Å². The summed E-state index contributed by atoms with van der Waals surface area (Å²) >= 11 is 3.38. The molecule has 0 aliphatic rings. The van der Waals surface area contributed by atoms with Crippen molar-refractivity contribution in [3.63, 3.8) is 0 Å². The summed E-state index contributed by atoms with van der Waals surface area (Å²) < 4.78 is 6.51. The first-order valence-corrected chi connectivity index (χ1v) is 5.72. The molecule has 0 atom stereocenters. The minimum absolute atomic E-state index is 0.714. The van der Waals surface area contributed by atoms with Gasteiger partial charge in [0.05, 0.1) is 11.4 Å². The Labute approximate surface area is 103 Å². The highest BCUT2D eigenvalue weighted by molar-refractivity contribution is 9.10. The summed E-state index contributed by atoms with van der Waals surface area (Å²) in [7, 11) is 1.93. The lowest BCUT2D eigenvalue weighted by Gasteiger charge is -2.18. The Hall–Kier alpha value is -1.42. The van der Waals surface area contributed by atoms with E-state index in [4.69, 9.17) is 10.2 Å². The second kappa shape index (κ2) is 4.22. The Morgan fingerprint density at radius 1 is 1.25 bits per heavy atom. The quantitative estimate of drug-likeness (QED) is 0.853. The van der Waals surface area contributed by atoms with Crippen molar-refractivity contribution in [1.29, 1.82) is 0 Å². The summed E-state index contributed by atoms with van der Waals surface area (Å²) in [6, 6.07) is 9.65. The van der Waals surface area contributed by atoms with Crippen LogP contribution in [0.3, 0.4) is 0 Å². The van der Waals surface area contributed by atoms with Gasteiger partial charge in [-0.15, -0.1) is 0 Å². The van der Waals surface area contributed by atoms with Gasteiger partial charge < -0.3 is 15.1 Å². The van der Waals surface area contributed by atoms with Gasteiger partial charge in [0.25, 0.3) is 0 Å². The van der Waals surface area contributed by atoms with Crippen molar-refractivity contribution in [3.05, 3.63) is 40.6 Å². The monoisotopic (exact) mass is 280 g/mol. The van der Waals surface area contributed by atoms with Crippen LogP contribution in [0.2, 0.25) is 0 Å². The molecule has 3 nitrogen and oxygen atoms in total. The molecule has 0 bridgehead atoms. The molecule has 0 unspecified atom stereocenters. The topological polar surface area (TPSA) is 42.4 Å². The molecule has 0 aliphatic heterocycles. The Morgan fingerprint density at radius 2 is 2.00 bits per heavy atom. The van der Waals surface area contributed by atoms with Gasteiger partial charge in [-0.25, -0.2) is 0 Å². The summed E-state index contributed by atoms with van der Waals surface area (Å²) in [5, 5.41) is 0. The summed E-state index contributed by atoms with van der Waals surface area (Å²) in [6.45, 7) is 1.92. The van der Waals surface area contributed by atoms with Crippen LogP contribution in [0.25, 0.3) is 0 Å². The van der Waals surface area contributed by atoms with Crippen molar-refractivity contribution < 1.29 is 4.42 Å². The third-order valence-electron chi connectivity index (χ3n) is 2.41. The van der Waals surface area contributed by atoms with Crippen LogP contribution in [0.1, 0.15) is 5.76 Å². The maximum absolute atomic E-state index is 5.95. The molecule has 0 radical (unpaired) electrons. The van der Waals surface area contributed by atoms with Crippen molar-refractivity contribution >= 4 is 33.2 Å². The van der Waals surface area contributed by atoms with Crippen LogP contribution in [0.5, 0.6) is 0 Å². The number of benzene rings is 1. The zero-order chi connectivity index (χ0) is 11.7. The summed E-state index contributed by atoms with van der Waals surface area (Å²) in [5.41, 5.74) is 7.60. The van der Waals surface area contributed by atoms with Gasteiger partial charge in [-0.2, -0.15) is 0 Å². The lowest BCUT2D eigenvalue weighted by molar-refractivity contribution is 0.538. The van der Waals surface area contributed by atoms with Crippen molar-refractivity contribution in [1.82, 2.24) is 0 Å². The summed E-state index contributed by atoms with van der Waals surface area (Å²) in [6.07, 6.45) is 0. The van der Waals surface area contributed by atoms with Gasteiger partial charge in [-0.05, 0) is 31.2 Å². The molecule has 1 aromatic carbocycles. The predicted octanol–water partition coefficient (Wildman–Crippen LogP) is 3.70. The van der Waals surface area contributed by atoms with Gasteiger partial charge in [-0.3, -0.25) is 0 Å². The van der Waals surface area contributed by atoms with Crippen molar-refractivity contribution in [3.8, 4) is 0 Å². The molecule has 16 heavy (non-hydrogen) atoms. The normalized spacial score (nSPS) is 10.4. The Bertz CT molecular complexity index is 507. The highest BCUT2D eigenvalue weighted by Gasteiger charge is 2.10. The number of nitrogens with two attached hydrogens (primary N) is 1. The van der Waals surface area contributed by atoms with Gasteiger partial charge in [0.1, 0.15) is 5.76 Å². The highest BCUT2D eigenvalue weighted by Crippen LogP contribution is 2.31. The lowest BCUT2D eigenvalue weighted by atomic mass is 10.2. The van der Waals surface area contributed by atoms with Gasteiger partial charge in [0.15, 0.2) is 5.88 Å². The third-order valence-corrected chi connectivity index (χ3v) is 2.90. The molecule has 0 spiro atoms. The number of nitrogen functional groups attached to an aromatic ring is 1. The molecular formula is C12H13BrN2O. The maximum atomic E-state index is 5.95. The lowest BCUT2D eigenvalue weighted by Crippen LogP contribution is -2.10. The van der Waals surface area contributed by atoms with Crippen LogP contribution in [-0.2, 0) is 0 Å². The number of halogens is 1. The van der Waals surface area contributed by atoms with Crippen LogP contribution in [0.15, 0.2) is 39.2 Å².